The van der Waals surface area contributed by atoms with Gasteiger partial charge in [-0.2, -0.15) is 0 Å². The van der Waals surface area contributed by atoms with Crippen molar-refractivity contribution in [3.63, 3.8) is 0 Å². The third kappa shape index (κ3) is 6.63. The van der Waals surface area contributed by atoms with E-state index >= 15 is 0 Å². The molecule has 2 aromatic rings. The normalized spacial score (nSPS) is 14.0. The van der Waals surface area contributed by atoms with Crippen LogP contribution in [0.5, 0.6) is 0 Å². The molecule has 0 atom stereocenters. The Morgan fingerprint density at radius 1 is 1.09 bits per heavy atom. The zero-order chi connectivity index (χ0) is 24.7. The van der Waals surface area contributed by atoms with Crippen molar-refractivity contribution >= 4 is 34.7 Å². The number of nitro groups is 1. The number of amides is 1. The van der Waals surface area contributed by atoms with Crippen LogP contribution in [0.1, 0.15) is 43.5 Å². The van der Waals surface area contributed by atoms with Gasteiger partial charge in [-0.05, 0) is 49.1 Å². The molecule has 0 spiro atoms. The fourth-order valence-electron chi connectivity index (χ4n) is 3.90. The number of esters is 1. The van der Waals surface area contributed by atoms with Gasteiger partial charge in [0.15, 0.2) is 12.4 Å². The number of carbonyl (C=O) groups is 3. The zero-order valence-electron chi connectivity index (χ0n) is 19.4. The number of carbonyl (C=O) groups excluding carboxylic acids is 3. The molecule has 1 fully saturated rings. The van der Waals surface area contributed by atoms with Crippen molar-refractivity contribution in [1.82, 2.24) is 0 Å². The Balaban J connectivity index is 1.47. The molecule has 1 N–H and O–H groups in total. The topological polar surface area (TPSA) is 119 Å². The summed E-state index contributed by atoms with van der Waals surface area (Å²) in [6.45, 7) is 4.54. The Kier molecular flexibility index (Phi) is 8.34. The van der Waals surface area contributed by atoms with Gasteiger partial charge in [-0.1, -0.05) is 26.0 Å². The van der Waals surface area contributed by atoms with Gasteiger partial charge in [-0.3, -0.25) is 24.5 Å². The van der Waals surface area contributed by atoms with Gasteiger partial charge in [0, 0.05) is 36.8 Å². The molecule has 2 aromatic carbocycles. The molecule has 1 heterocycles. The first-order valence-electron chi connectivity index (χ1n) is 11.3. The predicted octanol–water partition coefficient (Wildman–Crippen LogP) is 4.22. The van der Waals surface area contributed by atoms with Crippen molar-refractivity contribution in [2.75, 3.05) is 29.9 Å². The molecular weight excluding hydrogens is 438 g/mol. The number of nitrogens with zero attached hydrogens (tertiary/aromatic N) is 2. The summed E-state index contributed by atoms with van der Waals surface area (Å²) >= 11 is 0. The highest BCUT2D eigenvalue weighted by Crippen LogP contribution is 2.31. The van der Waals surface area contributed by atoms with Gasteiger partial charge >= 0.3 is 5.97 Å². The molecule has 3 rings (SSSR count). The molecule has 0 bridgehead atoms. The van der Waals surface area contributed by atoms with Crippen molar-refractivity contribution < 1.29 is 24.0 Å². The van der Waals surface area contributed by atoms with E-state index in [0.29, 0.717) is 49.3 Å². The van der Waals surface area contributed by atoms with Crippen LogP contribution in [0.4, 0.5) is 17.1 Å². The molecule has 1 aliphatic heterocycles. The number of hydrogen-bond acceptors (Lipinski definition) is 7. The quantitative estimate of drug-likeness (QED) is 0.254. The number of rotatable bonds is 9. The van der Waals surface area contributed by atoms with Crippen LogP contribution in [0.2, 0.25) is 0 Å². The van der Waals surface area contributed by atoms with Crippen molar-refractivity contribution in [3.05, 3.63) is 64.2 Å². The number of nitro benzene ring substituents is 1. The van der Waals surface area contributed by atoms with Crippen molar-refractivity contribution in [3.8, 4) is 0 Å². The van der Waals surface area contributed by atoms with E-state index < -0.39 is 10.9 Å². The molecule has 0 aromatic heterocycles. The number of para-hydroxylation sites is 2. The van der Waals surface area contributed by atoms with Gasteiger partial charge < -0.3 is 15.0 Å². The Hall–Kier alpha value is -3.75. The lowest BCUT2D eigenvalue weighted by Gasteiger charge is -2.32. The second-order valence-corrected chi connectivity index (χ2v) is 8.76. The first-order chi connectivity index (χ1) is 16.2. The number of hydrogen-bond donors (Lipinski definition) is 1. The minimum absolute atomic E-state index is 0.0413. The Morgan fingerprint density at radius 3 is 2.35 bits per heavy atom. The summed E-state index contributed by atoms with van der Waals surface area (Å²) < 4.78 is 5.25. The number of nitrogens with one attached hydrogen (secondary N) is 1. The molecule has 0 aliphatic carbocycles. The van der Waals surface area contributed by atoms with Crippen LogP contribution in [0.15, 0.2) is 48.5 Å². The largest absolute Gasteiger partial charge is 0.457 e. The van der Waals surface area contributed by atoms with Gasteiger partial charge in [-0.25, -0.2) is 0 Å². The maximum Gasteiger partial charge on any atom is 0.309 e. The summed E-state index contributed by atoms with van der Waals surface area (Å²) in [6, 6.07) is 13.0. The lowest BCUT2D eigenvalue weighted by Crippen LogP contribution is -2.37. The van der Waals surface area contributed by atoms with Crippen molar-refractivity contribution in [1.29, 1.82) is 0 Å². The van der Waals surface area contributed by atoms with Crippen molar-refractivity contribution in [2.24, 2.45) is 11.8 Å². The summed E-state index contributed by atoms with van der Waals surface area (Å²) in [5.41, 5.74) is 1.57. The lowest BCUT2D eigenvalue weighted by molar-refractivity contribution is -0.384. The Morgan fingerprint density at radius 2 is 1.74 bits per heavy atom. The summed E-state index contributed by atoms with van der Waals surface area (Å²) in [5.74, 6) is -0.959. The SMILES string of the molecule is CC(C)CC(=O)Nc1ccc(C(=O)COC(=O)C2CCN(c3ccccc3[N+](=O)[O-])CC2)cc1. The first kappa shape index (κ1) is 24.9. The van der Waals surface area contributed by atoms with Crippen LogP contribution in [0.25, 0.3) is 0 Å². The fourth-order valence-corrected chi connectivity index (χ4v) is 3.90. The number of Topliss-reactive ketones (excluding diaryl/α,β-unsaturated/α-hetero) is 1. The summed E-state index contributed by atoms with van der Waals surface area (Å²) in [5, 5.41) is 14.0. The highest BCUT2D eigenvalue weighted by molar-refractivity contribution is 5.99. The number of piperidine rings is 1. The number of anilines is 2. The Labute approximate surface area is 198 Å². The minimum Gasteiger partial charge on any atom is -0.457 e. The fraction of sp³-hybridized carbons (Fsp3) is 0.400. The van der Waals surface area contributed by atoms with Gasteiger partial charge in [0.2, 0.25) is 5.91 Å². The first-order valence-corrected chi connectivity index (χ1v) is 11.3. The molecule has 9 heteroatoms. The number of ether oxygens (including phenoxy) is 1. The molecular formula is C25H29N3O6. The smallest absolute Gasteiger partial charge is 0.309 e. The minimum atomic E-state index is -0.437. The average Bonchev–Trinajstić information content (AvgIpc) is 2.82. The van der Waals surface area contributed by atoms with Crippen LogP contribution in [0.3, 0.4) is 0 Å². The third-order valence-corrected chi connectivity index (χ3v) is 5.68. The van der Waals surface area contributed by atoms with Crippen LogP contribution < -0.4 is 10.2 Å². The summed E-state index contributed by atoms with van der Waals surface area (Å²) in [6.07, 6.45) is 1.39. The maximum atomic E-state index is 12.5. The molecule has 0 saturated carbocycles. The van der Waals surface area contributed by atoms with Crippen LogP contribution in [0, 0.1) is 22.0 Å². The molecule has 1 saturated heterocycles. The van der Waals surface area contributed by atoms with E-state index in [4.69, 9.17) is 4.74 Å². The van der Waals surface area contributed by atoms with E-state index in [1.807, 2.05) is 18.7 Å². The van der Waals surface area contributed by atoms with Gasteiger partial charge in [0.05, 0.1) is 10.8 Å². The molecule has 34 heavy (non-hydrogen) atoms. The Bertz CT molecular complexity index is 1040. The molecule has 180 valence electrons. The highest BCUT2D eigenvalue weighted by atomic mass is 16.6. The predicted molar refractivity (Wildman–Crippen MR) is 128 cm³/mol. The van der Waals surface area contributed by atoms with E-state index in [1.165, 1.54) is 6.07 Å². The van der Waals surface area contributed by atoms with E-state index in [1.54, 1.807) is 42.5 Å². The van der Waals surface area contributed by atoms with Gasteiger partial charge in [0.25, 0.3) is 5.69 Å². The molecule has 0 radical (unpaired) electrons. The number of ketones is 1. The monoisotopic (exact) mass is 467 g/mol. The highest BCUT2D eigenvalue weighted by Gasteiger charge is 2.29. The van der Waals surface area contributed by atoms with E-state index in [-0.39, 0.29) is 35.8 Å². The van der Waals surface area contributed by atoms with Gasteiger partial charge in [-0.15, -0.1) is 0 Å². The second kappa shape index (κ2) is 11.4. The maximum absolute atomic E-state index is 12.5. The third-order valence-electron chi connectivity index (χ3n) is 5.68. The molecule has 1 amide bonds. The molecule has 1 aliphatic rings. The van der Waals surface area contributed by atoms with E-state index in [0.717, 1.165) is 0 Å². The standard InChI is InChI=1S/C25H29N3O6/c1-17(2)15-24(30)26-20-9-7-18(8-10-20)23(29)16-34-25(31)19-11-13-27(14-12-19)21-5-3-4-6-22(21)28(32)33/h3-10,17,19H,11-16H2,1-2H3,(H,26,30). The number of benzene rings is 2. The lowest BCUT2D eigenvalue weighted by atomic mass is 9.96. The molecule has 0 unspecified atom stereocenters. The van der Waals surface area contributed by atoms with Gasteiger partial charge in [0.1, 0.15) is 5.69 Å². The summed E-state index contributed by atoms with van der Waals surface area (Å²) in [7, 11) is 0. The van der Waals surface area contributed by atoms with E-state index in [9.17, 15) is 24.5 Å². The average molecular weight is 468 g/mol. The molecule has 9 nitrogen and oxygen atoms in total. The van der Waals surface area contributed by atoms with Crippen LogP contribution in [-0.4, -0.2) is 42.3 Å². The summed E-state index contributed by atoms with van der Waals surface area (Å²) in [4.78, 5) is 49.5. The zero-order valence-corrected chi connectivity index (χ0v) is 19.4. The van der Waals surface area contributed by atoms with Crippen LogP contribution in [-0.2, 0) is 14.3 Å². The van der Waals surface area contributed by atoms with Crippen molar-refractivity contribution in [2.45, 2.75) is 33.1 Å². The van der Waals surface area contributed by atoms with Crippen LogP contribution >= 0.6 is 0 Å². The van der Waals surface area contributed by atoms with E-state index in [2.05, 4.69) is 5.32 Å². The second-order valence-electron chi connectivity index (χ2n) is 8.76.